The van der Waals surface area contributed by atoms with Crippen LogP contribution in [0.1, 0.15) is 37.6 Å². The second-order valence-electron chi connectivity index (χ2n) is 7.64. The van der Waals surface area contributed by atoms with Gasteiger partial charge in [0, 0.05) is 6.42 Å². The van der Waals surface area contributed by atoms with Gasteiger partial charge in [0.1, 0.15) is 6.61 Å². The van der Waals surface area contributed by atoms with Gasteiger partial charge in [-0.25, -0.2) is 9.18 Å². The number of halogens is 1. The lowest BCUT2D eigenvalue weighted by Gasteiger charge is -2.36. The van der Waals surface area contributed by atoms with Crippen molar-refractivity contribution in [3.63, 3.8) is 0 Å². The van der Waals surface area contributed by atoms with Gasteiger partial charge in [0.05, 0.1) is 24.6 Å². The zero-order valence-corrected chi connectivity index (χ0v) is 16.7. The van der Waals surface area contributed by atoms with Crippen LogP contribution < -0.4 is 0 Å². The summed E-state index contributed by atoms with van der Waals surface area (Å²) >= 11 is 0. The van der Waals surface area contributed by atoms with Crippen molar-refractivity contribution in [2.45, 2.75) is 51.4 Å². The largest absolute Gasteiger partial charge is 0.457 e. The van der Waals surface area contributed by atoms with E-state index < -0.39 is 20.4 Å². The Hall–Kier alpha value is -1.50. The van der Waals surface area contributed by atoms with E-state index in [0.717, 1.165) is 0 Å². The topological polar surface area (TPSA) is 55.8 Å². The van der Waals surface area contributed by atoms with Gasteiger partial charge in [-0.1, -0.05) is 39.0 Å². The Morgan fingerprint density at radius 2 is 1.88 bits per heavy atom. The summed E-state index contributed by atoms with van der Waals surface area (Å²) in [5.74, 6) is -0.521. The fraction of sp³-hybridized carbons (Fsp3) is 0.526. The van der Waals surface area contributed by atoms with Crippen molar-refractivity contribution in [3.8, 4) is 0 Å². The van der Waals surface area contributed by atoms with E-state index in [-0.39, 0.29) is 30.2 Å². The minimum Gasteiger partial charge on any atom is -0.457 e. The summed E-state index contributed by atoms with van der Waals surface area (Å²) in [5, 5.41) is 10.1. The molecule has 0 aromatic heterocycles. The quantitative estimate of drug-likeness (QED) is 0.543. The Balaban J connectivity index is 2.47. The predicted molar refractivity (Wildman–Crippen MR) is 99.7 cm³/mol. The molecule has 1 atom stereocenters. The standard InChI is InChI=1S/C19H29FO4Si/c1-19(2,3)25(4,5)24-14-17(21)11-15(12-20)13-23-18(22)16-9-7-6-8-10-16/h6-10,12,17,21H,11,13-14H2,1-5H3/b15-12+. The van der Waals surface area contributed by atoms with Crippen LogP contribution in [-0.4, -0.2) is 38.7 Å². The van der Waals surface area contributed by atoms with Gasteiger partial charge >= 0.3 is 5.97 Å². The number of carbonyl (C=O) groups excluding carboxylic acids is 1. The molecule has 0 radical (unpaired) electrons. The molecule has 6 heteroatoms. The molecule has 0 saturated heterocycles. The first kappa shape index (κ1) is 21.5. The van der Waals surface area contributed by atoms with Gasteiger partial charge in [0.2, 0.25) is 0 Å². The molecule has 0 fully saturated rings. The molecule has 0 aliphatic heterocycles. The highest BCUT2D eigenvalue weighted by atomic mass is 28.4. The number of esters is 1. The lowest BCUT2D eigenvalue weighted by Crippen LogP contribution is -2.42. The Bertz CT molecular complexity index is 579. The van der Waals surface area contributed by atoms with Crippen LogP contribution >= 0.6 is 0 Å². The van der Waals surface area contributed by atoms with Crippen molar-refractivity contribution >= 4 is 14.3 Å². The summed E-state index contributed by atoms with van der Waals surface area (Å²) in [5.41, 5.74) is 0.623. The molecule has 0 saturated carbocycles. The van der Waals surface area contributed by atoms with E-state index in [1.165, 1.54) is 0 Å². The van der Waals surface area contributed by atoms with Crippen LogP contribution in [0.25, 0.3) is 0 Å². The molecular formula is C19H29FO4Si. The number of hydrogen-bond donors (Lipinski definition) is 1. The Morgan fingerprint density at radius 1 is 1.28 bits per heavy atom. The maximum Gasteiger partial charge on any atom is 0.338 e. The first-order chi connectivity index (χ1) is 11.6. The van der Waals surface area contributed by atoms with Crippen molar-refractivity contribution in [3.05, 3.63) is 47.8 Å². The molecule has 0 heterocycles. The van der Waals surface area contributed by atoms with Crippen LogP contribution in [0.2, 0.25) is 18.1 Å². The molecule has 1 N–H and O–H groups in total. The Morgan fingerprint density at radius 3 is 2.40 bits per heavy atom. The van der Waals surface area contributed by atoms with Gasteiger partial charge in [-0.05, 0) is 35.8 Å². The summed E-state index contributed by atoms with van der Waals surface area (Å²) in [7, 11) is -1.97. The van der Waals surface area contributed by atoms with Crippen LogP contribution in [0.5, 0.6) is 0 Å². The number of ether oxygens (including phenoxy) is 1. The average Bonchev–Trinajstić information content (AvgIpc) is 2.56. The van der Waals surface area contributed by atoms with Crippen molar-refractivity contribution in [1.82, 2.24) is 0 Å². The van der Waals surface area contributed by atoms with Crippen LogP contribution in [0.4, 0.5) is 4.39 Å². The summed E-state index contributed by atoms with van der Waals surface area (Å²) < 4.78 is 24.1. The molecular weight excluding hydrogens is 339 g/mol. The smallest absolute Gasteiger partial charge is 0.338 e. The SMILES string of the molecule is CC(C)(C)[Si](C)(C)OCC(O)C/C(=C\F)COC(=O)c1ccccc1. The summed E-state index contributed by atoms with van der Waals surface area (Å²) in [4.78, 5) is 11.9. The molecule has 4 nitrogen and oxygen atoms in total. The first-order valence-electron chi connectivity index (χ1n) is 8.39. The van der Waals surface area contributed by atoms with Gasteiger partial charge in [-0.15, -0.1) is 0 Å². The highest BCUT2D eigenvalue weighted by Gasteiger charge is 2.37. The fourth-order valence-electron chi connectivity index (χ4n) is 1.83. The number of carbonyl (C=O) groups is 1. The van der Waals surface area contributed by atoms with Gasteiger partial charge in [0.25, 0.3) is 0 Å². The number of hydrogen-bond acceptors (Lipinski definition) is 4. The Labute approximate surface area is 150 Å². The minimum atomic E-state index is -1.97. The van der Waals surface area contributed by atoms with Crippen molar-refractivity contribution < 1.29 is 23.5 Å². The molecule has 25 heavy (non-hydrogen) atoms. The molecule has 0 aliphatic rings. The average molecular weight is 369 g/mol. The first-order valence-corrected chi connectivity index (χ1v) is 11.3. The third kappa shape index (κ3) is 7.10. The number of aliphatic hydroxyl groups is 1. The van der Waals surface area contributed by atoms with Crippen LogP contribution in [-0.2, 0) is 9.16 Å². The molecule has 0 amide bonds. The highest BCUT2D eigenvalue weighted by Crippen LogP contribution is 2.36. The van der Waals surface area contributed by atoms with Crippen LogP contribution in [0.15, 0.2) is 42.2 Å². The monoisotopic (exact) mass is 368 g/mol. The second kappa shape index (κ2) is 9.27. The van der Waals surface area contributed by atoms with E-state index in [9.17, 15) is 14.3 Å². The molecule has 1 unspecified atom stereocenters. The Kier molecular flexibility index (Phi) is 7.98. The lowest BCUT2D eigenvalue weighted by atomic mass is 10.1. The van der Waals surface area contributed by atoms with Crippen LogP contribution in [0.3, 0.4) is 0 Å². The van der Waals surface area contributed by atoms with E-state index in [1.807, 2.05) is 0 Å². The van der Waals surface area contributed by atoms with Crippen molar-refractivity contribution in [1.29, 1.82) is 0 Å². The number of rotatable bonds is 8. The third-order valence-electron chi connectivity index (χ3n) is 4.49. The number of aliphatic hydroxyl groups excluding tert-OH is 1. The zero-order valence-electron chi connectivity index (χ0n) is 15.7. The normalized spacial score (nSPS) is 14.3. The van der Waals surface area contributed by atoms with Crippen molar-refractivity contribution in [2.75, 3.05) is 13.2 Å². The molecule has 1 rings (SSSR count). The fourth-order valence-corrected chi connectivity index (χ4v) is 2.88. The van der Waals surface area contributed by atoms with E-state index >= 15 is 0 Å². The minimum absolute atomic E-state index is 0.0384. The van der Waals surface area contributed by atoms with E-state index in [0.29, 0.717) is 11.9 Å². The zero-order chi connectivity index (χ0) is 19.1. The molecule has 0 bridgehead atoms. The third-order valence-corrected chi connectivity index (χ3v) is 8.99. The van der Waals surface area contributed by atoms with Gasteiger partial charge in [0.15, 0.2) is 8.32 Å². The van der Waals surface area contributed by atoms with Crippen molar-refractivity contribution in [2.24, 2.45) is 0 Å². The maximum absolute atomic E-state index is 13.0. The van der Waals surface area contributed by atoms with Crippen LogP contribution in [0, 0.1) is 0 Å². The summed E-state index contributed by atoms with van der Waals surface area (Å²) in [6.45, 7) is 10.5. The predicted octanol–water partition coefficient (Wildman–Crippen LogP) is 4.47. The van der Waals surface area contributed by atoms with E-state index in [2.05, 4.69) is 33.9 Å². The van der Waals surface area contributed by atoms with Gasteiger partial charge < -0.3 is 14.3 Å². The molecule has 1 aromatic carbocycles. The summed E-state index contributed by atoms with van der Waals surface area (Å²) in [6.07, 6.45) is -0.396. The maximum atomic E-state index is 13.0. The lowest BCUT2D eigenvalue weighted by molar-refractivity contribution is 0.0517. The number of benzene rings is 1. The highest BCUT2D eigenvalue weighted by molar-refractivity contribution is 6.74. The van der Waals surface area contributed by atoms with Gasteiger partial charge in [-0.2, -0.15) is 0 Å². The van der Waals surface area contributed by atoms with Gasteiger partial charge in [-0.3, -0.25) is 0 Å². The molecule has 0 spiro atoms. The molecule has 0 aliphatic carbocycles. The van der Waals surface area contributed by atoms with E-state index in [1.54, 1.807) is 30.3 Å². The molecule has 140 valence electrons. The molecule has 1 aromatic rings. The second-order valence-corrected chi connectivity index (χ2v) is 12.4. The summed E-state index contributed by atoms with van der Waals surface area (Å²) in [6, 6.07) is 8.50. The van der Waals surface area contributed by atoms with E-state index in [4.69, 9.17) is 9.16 Å².